The van der Waals surface area contributed by atoms with Crippen LogP contribution in [0.15, 0.2) is 114 Å². The van der Waals surface area contributed by atoms with Gasteiger partial charge in [0.05, 0.1) is 20.0 Å². The third-order valence-electron chi connectivity index (χ3n) is 7.56. The van der Waals surface area contributed by atoms with Crippen molar-refractivity contribution in [1.29, 1.82) is 0 Å². The highest BCUT2D eigenvalue weighted by Gasteiger charge is 2.51. The summed E-state index contributed by atoms with van der Waals surface area (Å²) in [5, 5.41) is 11.1. The average molecular weight is 724 g/mol. The molecule has 4 aromatic rings. The Morgan fingerprint density at radius 3 is 1.90 bits per heavy atom. The van der Waals surface area contributed by atoms with Gasteiger partial charge in [0.2, 0.25) is 0 Å². The first kappa shape index (κ1) is 36.6. The fourth-order valence-electron chi connectivity index (χ4n) is 5.12. The summed E-state index contributed by atoms with van der Waals surface area (Å²) in [6.07, 6.45) is -2.97. The van der Waals surface area contributed by atoms with Gasteiger partial charge in [0.15, 0.2) is 5.79 Å². The van der Waals surface area contributed by atoms with Crippen LogP contribution in [0.3, 0.4) is 0 Å². The minimum Gasteiger partial charge on any atom is -0.459 e. The zero-order chi connectivity index (χ0) is 35.0. The Morgan fingerprint density at radius 1 is 0.837 bits per heavy atom. The number of hydrogen-bond acceptors (Lipinski definition) is 11. The van der Waals surface area contributed by atoms with E-state index < -0.39 is 51.7 Å². The largest absolute Gasteiger partial charge is 0.459 e. The minimum absolute atomic E-state index is 0.0564. The Kier molecular flexibility index (Phi) is 12.2. The molecule has 0 N–H and O–H groups in total. The van der Waals surface area contributed by atoms with Crippen LogP contribution in [0.4, 0.5) is 5.69 Å². The van der Waals surface area contributed by atoms with Crippen LogP contribution in [-0.4, -0.2) is 54.6 Å². The smallest absolute Gasteiger partial charge is 0.338 e. The van der Waals surface area contributed by atoms with Gasteiger partial charge in [0.1, 0.15) is 24.9 Å². The first-order chi connectivity index (χ1) is 23.4. The molecule has 0 bridgehead atoms. The van der Waals surface area contributed by atoms with Crippen LogP contribution in [0.5, 0.6) is 0 Å². The standard InChI is InChI=1S/C36H37NO9S3/c1-25-14-20-30(21-15-25)49(41,42)46-31(22-43-34(38)28-16-18-29(19-17-28)37(39)40)32-33(45-36(2,3)44-32)35(47-23-26-10-6-4-7-11-26)48-24-27-12-8-5-9-13-27/h4-21,31-33,35H,22-24H2,1-3H3/t31-,32-,33+/m0/s1. The van der Waals surface area contributed by atoms with Crippen molar-refractivity contribution in [2.45, 2.75) is 65.9 Å². The molecule has 10 nitrogen and oxygen atoms in total. The van der Waals surface area contributed by atoms with E-state index in [4.69, 9.17) is 18.4 Å². The molecule has 0 spiro atoms. The van der Waals surface area contributed by atoms with E-state index in [1.165, 1.54) is 36.4 Å². The number of hydrogen-bond donors (Lipinski definition) is 0. The zero-order valence-corrected chi connectivity index (χ0v) is 29.6. The molecule has 5 rings (SSSR count). The van der Waals surface area contributed by atoms with Crippen molar-refractivity contribution in [3.63, 3.8) is 0 Å². The summed E-state index contributed by atoms with van der Waals surface area (Å²) in [5.41, 5.74) is 2.96. The van der Waals surface area contributed by atoms with E-state index in [1.54, 1.807) is 49.5 Å². The molecule has 0 radical (unpaired) electrons. The van der Waals surface area contributed by atoms with E-state index in [0.717, 1.165) is 16.7 Å². The lowest BCUT2D eigenvalue weighted by atomic mass is 10.1. The van der Waals surface area contributed by atoms with Gasteiger partial charge in [-0.1, -0.05) is 78.4 Å². The number of nitrogens with zero attached hydrogens (tertiary/aromatic N) is 1. The van der Waals surface area contributed by atoms with Crippen LogP contribution in [0, 0.1) is 17.0 Å². The molecule has 0 saturated carbocycles. The molecular formula is C36H37NO9S3. The van der Waals surface area contributed by atoms with Crippen molar-refractivity contribution >= 4 is 45.3 Å². The van der Waals surface area contributed by atoms with Gasteiger partial charge in [0.25, 0.3) is 15.8 Å². The van der Waals surface area contributed by atoms with E-state index in [9.17, 15) is 23.3 Å². The van der Waals surface area contributed by atoms with Gasteiger partial charge in [-0.2, -0.15) is 8.42 Å². The van der Waals surface area contributed by atoms with Gasteiger partial charge in [-0.15, -0.1) is 23.5 Å². The topological polar surface area (TPSA) is 131 Å². The molecule has 49 heavy (non-hydrogen) atoms. The summed E-state index contributed by atoms with van der Waals surface area (Å²) < 4.78 is 51.4. The summed E-state index contributed by atoms with van der Waals surface area (Å²) in [4.78, 5) is 23.6. The van der Waals surface area contributed by atoms with Crippen molar-refractivity contribution in [3.8, 4) is 0 Å². The molecule has 1 saturated heterocycles. The monoisotopic (exact) mass is 723 g/mol. The van der Waals surface area contributed by atoms with Gasteiger partial charge in [-0.25, -0.2) is 4.79 Å². The average Bonchev–Trinajstić information content (AvgIpc) is 3.42. The lowest BCUT2D eigenvalue weighted by molar-refractivity contribution is -0.384. The number of aryl methyl sites for hydroxylation is 1. The second kappa shape index (κ2) is 16.3. The number of esters is 1. The van der Waals surface area contributed by atoms with Gasteiger partial charge in [0, 0.05) is 23.6 Å². The zero-order valence-electron chi connectivity index (χ0n) is 27.2. The highest BCUT2D eigenvalue weighted by Crippen LogP contribution is 2.43. The predicted octanol–water partition coefficient (Wildman–Crippen LogP) is 7.55. The maximum absolute atomic E-state index is 13.7. The molecule has 0 unspecified atom stereocenters. The number of nitro benzene ring substituents is 1. The Bertz CT molecular complexity index is 1760. The van der Waals surface area contributed by atoms with Crippen molar-refractivity contribution in [3.05, 3.63) is 142 Å². The van der Waals surface area contributed by atoms with Crippen LogP contribution in [0.2, 0.25) is 0 Å². The molecule has 258 valence electrons. The summed E-state index contributed by atoms with van der Waals surface area (Å²) in [6, 6.07) is 31.1. The van der Waals surface area contributed by atoms with Gasteiger partial charge in [-0.05, 0) is 56.2 Å². The second-order valence-corrected chi connectivity index (χ2v) is 16.0. The molecule has 1 fully saturated rings. The van der Waals surface area contributed by atoms with E-state index in [0.29, 0.717) is 11.5 Å². The lowest BCUT2D eigenvalue weighted by Gasteiger charge is -2.30. The highest BCUT2D eigenvalue weighted by molar-refractivity contribution is 8.16. The molecule has 1 heterocycles. The number of rotatable bonds is 15. The lowest BCUT2D eigenvalue weighted by Crippen LogP contribution is -2.45. The van der Waals surface area contributed by atoms with Crippen LogP contribution in [0.1, 0.15) is 40.9 Å². The van der Waals surface area contributed by atoms with Crippen LogP contribution in [0.25, 0.3) is 0 Å². The molecule has 0 amide bonds. The Hall–Kier alpha value is -3.72. The van der Waals surface area contributed by atoms with Crippen molar-refractivity contribution < 1.29 is 36.5 Å². The molecule has 13 heteroatoms. The fourth-order valence-corrected chi connectivity index (χ4v) is 8.88. The van der Waals surface area contributed by atoms with E-state index in [2.05, 4.69) is 0 Å². The Morgan fingerprint density at radius 2 is 1.37 bits per heavy atom. The first-order valence-corrected chi connectivity index (χ1v) is 19.0. The number of carbonyl (C=O) groups is 1. The maximum atomic E-state index is 13.7. The molecule has 3 atom stereocenters. The number of carbonyl (C=O) groups excluding carboxylic acids is 1. The molecule has 1 aliphatic heterocycles. The normalized spacial score (nSPS) is 17.9. The quantitative estimate of drug-likeness (QED) is 0.0396. The van der Waals surface area contributed by atoms with Crippen molar-refractivity contribution in [2.75, 3.05) is 6.61 Å². The van der Waals surface area contributed by atoms with E-state index >= 15 is 0 Å². The summed E-state index contributed by atoms with van der Waals surface area (Å²) in [5.74, 6) is -0.615. The summed E-state index contributed by atoms with van der Waals surface area (Å²) in [7, 11) is -4.35. The number of benzene rings is 4. The second-order valence-electron chi connectivity index (χ2n) is 11.8. The van der Waals surface area contributed by atoms with Gasteiger partial charge >= 0.3 is 5.97 Å². The molecule has 4 aromatic carbocycles. The minimum atomic E-state index is -4.35. The van der Waals surface area contributed by atoms with E-state index in [-0.39, 0.29) is 20.7 Å². The third kappa shape index (κ3) is 10.2. The Labute approximate surface area is 294 Å². The van der Waals surface area contributed by atoms with Gasteiger partial charge < -0.3 is 14.2 Å². The Balaban J connectivity index is 1.45. The number of ether oxygens (including phenoxy) is 3. The summed E-state index contributed by atoms with van der Waals surface area (Å²) in [6.45, 7) is 4.83. The van der Waals surface area contributed by atoms with Crippen molar-refractivity contribution in [1.82, 2.24) is 0 Å². The molecule has 0 aliphatic carbocycles. The summed E-state index contributed by atoms with van der Waals surface area (Å²) >= 11 is 3.29. The van der Waals surface area contributed by atoms with Crippen LogP contribution < -0.4 is 0 Å². The maximum Gasteiger partial charge on any atom is 0.338 e. The number of non-ortho nitro benzene ring substituents is 1. The predicted molar refractivity (Wildman–Crippen MR) is 190 cm³/mol. The number of nitro groups is 1. The van der Waals surface area contributed by atoms with Crippen LogP contribution >= 0.6 is 23.5 Å². The van der Waals surface area contributed by atoms with Crippen molar-refractivity contribution in [2.24, 2.45) is 0 Å². The van der Waals surface area contributed by atoms with E-state index in [1.807, 2.05) is 67.6 Å². The first-order valence-electron chi connectivity index (χ1n) is 15.5. The highest BCUT2D eigenvalue weighted by atomic mass is 32.2. The molecule has 0 aromatic heterocycles. The number of thioether (sulfide) groups is 2. The molecular weight excluding hydrogens is 687 g/mol. The SMILES string of the molecule is Cc1ccc(S(=O)(=O)O[C@@H](COC(=O)c2ccc([N+](=O)[O-])cc2)[C@@H]2OC(C)(C)O[C@H]2C(SCc2ccccc2)SCc2ccccc2)cc1. The van der Waals surface area contributed by atoms with Crippen LogP contribution in [-0.2, 0) is 40.0 Å². The molecule has 1 aliphatic rings. The van der Waals surface area contributed by atoms with Gasteiger partial charge in [-0.3, -0.25) is 14.3 Å². The fraction of sp³-hybridized carbons (Fsp3) is 0.306. The third-order valence-corrected chi connectivity index (χ3v) is 11.9.